The highest BCUT2D eigenvalue weighted by Crippen LogP contribution is 2.45. The summed E-state index contributed by atoms with van der Waals surface area (Å²) < 4.78 is 11.5. The Morgan fingerprint density at radius 3 is 3.05 bits per heavy atom. The van der Waals surface area contributed by atoms with Gasteiger partial charge in [-0.05, 0) is 37.9 Å². The van der Waals surface area contributed by atoms with Gasteiger partial charge >= 0.3 is 0 Å². The number of hydrogen-bond donors (Lipinski definition) is 1. The van der Waals surface area contributed by atoms with Crippen molar-refractivity contribution < 1.29 is 9.47 Å². The number of nitrogens with zero attached hydrogens (tertiary/aromatic N) is 1. The summed E-state index contributed by atoms with van der Waals surface area (Å²) in [6.45, 7) is 3.06. The summed E-state index contributed by atoms with van der Waals surface area (Å²) in [5.74, 6) is 1.39. The van der Waals surface area contributed by atoms with Gasteiger partial charge in [-0.25, -0.2) is 0 Å². The molecule has 0 amide bonds. The number of hydrogen-bond acceptors (Lipinski definition) is 4. The van der Waals surface area contributed by atoms with E-state index >= 15 is 0 Å². The molecule has 3 heterocycles. The number of rotatable bonds is 5. The summed E-state index contributed by atoms with van der Waals surface area (Å²) >= 11 is 0. The quantitative estimate of drug-likeness (QED) is 0.884. The molecular formula is C15H22N2O2. The molecule has 0 spiro atoms. The van der Waals surface area contributed by atoms with E-state index in [0.717, 1.165) is 24.4 Å². The van der Waals surface area contributed by atoms with Crippen molar-refractivity contribution in [1.82, 2.24) is 10.3 Å². The van der Waals surface area contributed by atoms with Gasteiger partial charge in [-0.15, -0.1) is 0 Å². The molecule has 2 aliphatic rings. The molecule has 1 aromatic rings. The molecular weight excluding hydrogens is 240 g/mol. The summed E-state index contributed by atoms with van der Waals surface area (Å²) in [6, 6.07) is 4.14. The van der Waals surface area contributed by atoms with E-state index in [4.69, 9.17) is 9.47 Å². The average molecular weight is 262 g/mol. The second-order valence-electron chi connectivity index (χ2n) is 5.40. The minimum Gasteiger partial charge on any atom is -0.495 e. The fraction of sp³-hybridized carbons (Fsp3) is 0.667. The zero-order chi connectivity index (χ0) is 13.2. The van der Waals surface area contributed by atoms with Gasteiger partial charge in [0.05, 0.1) is 31.1 Å². The van der Waals surface area contributed by atoms with E-state index in [9.17, 15) is 0 Å². The lowest BCUT2D eigenvalue weighted by Gasteiger charge is -2.29. The monoisotopic (exact) mass is 262 g/mol. The first-order valence-corrected chi connectivity index (χ1v) is 7.21. The zero-order valence-electron chi connectivity index (χ0n) is 11.6. The van der Waals surface area contributed by atoms with Crippen LogP contribution in [-0.2, 0) is 4.74 Å². The summed E-state index contributed by atoms with van der Waals surface area (Å²) in [4.78, 5) is 4.55. The molecule has 0 aromatic carbocycles. The first kappa shape index (κ1) is 12.9. The summed E-state index contributed by atoms with van der Waals surface area (Å²) in [5.41, 5.74) is 1.02. The molecule has 0 saturated carbocycles. The molecule has 2 bridgehead atoms. The van der Waals surface area contributed by atoms with Crippen LogP contribution in [0.15, 0.2) is 18.3 Å². The Morgan fingerprint density at radius 1 is 1.53 bits per heavy atom. The maximum atomic E-state index is 6.00. The van der Waals surface area contributed by atoms with Crippen molar-refractivity contribution in [3.63, 3.8) is 0 Å². The Kier molecular flexibility index (Phi) is 3.71. The van der Waals surface area contributed by atoms with Gasteiger partial charge in [0.25, 0.3) is 0 Å². The van der Waals surface area contributed by atoms with Crippen LogP contribution in [0.4, 0.5) is 0 Å². The van der Waals surface area contributed by atoms with E-state index in [2.05, 4.69) is 17.2 Å². The van der Waals surface area contributed by atoms with E-state index in [0.29, 0.717) is 18.1 Å². The van der Waals surface area contributed by atoms with Gasteiger partial charge in [-0.2, -0.15) is 0 Å². The standard InChI is InChI=1S/C15H22N2O2/c1-3-16-14(11-9-10-6-7-12(11)19-10)15-13(18-2)5-4-8-17-15/h4-5,8,10-12,14,16H,3,6-7,9H2,1-2H3. The highest BCUT2D eigenvalue weighted by Gasteiger charge is 2.45. The number of aromatic nitrogens is 1. The molecule has 4 atom stereocenters. The second-order valence-corrected chi connectivity index (χ2v) is 5.40. The van der Waals surface area contributed by atoms with E-state index in [1.54, 1.807) is 7.11 Å². The van der Waals surface area contributed by atoms with Crippen LogP contribution in [0.3, 0.4) is 0 Å². The van der Waals surface area contributed by atoms with Crippen molar-refractivity contribution in [2.24, 2.45) is 5.92 Å². The normalized spacial score (nSPS) is 30.5. The van der Waals surface area contributed by atoms with Gasteiger partial charge in [0.1, 0.15) is 5.75 Å². The molecule has 4 heteroatoms. The van der Waals surface area contributed by atoms with Crippen LogP contribution in [0, 0.1) is 5.92 Å². The van der Waals surface area contributed by atoms with Crippen LogP contribution < -0.4 is 10.1 Å². The topological polar surface area (TPSA) is 43.4 Å². The maximum Gasteiger partial charge on any atom is 0.141 e. The summed E-state index contributed by atoms with van der Waals surface area (Å²) in [5, 5.41) is 3.58. The fourth-order valence-electron chi connectivity index (χ4n) is 3.51. The highest BCUT2D eigenvalue weighted by atomic mass is 16.5. The van der Waals surface area contributed by atoms with Crippen molar-refractivity contribution in [1.29, 1.82) is 0 Å². The van der Waals surface area contributed by atoms with E-state index in [1.807, 2.05) is 18.3 Å². The van der Waals surface area contributed by atoms with Crippen LogP contribution in [0.25, 0.3) is 0 Å². The third kappa shape index (κ3) is 2.35. The third-order valence-electron chi connectivity index (χ3n) is 4.32. The smallest absolute Gasteiger partial charge is 0.141 e. The molecule has 2 fully saturated rings. The van der Waals surface area contributed by atoms with Gasteiger partial charge in [0.2, 0.25) is 0 Å². The highest BCUT2D eigenvalue weighted by molar-refractivity contribution is 5.30. The predicted octanol–water partition coefficient (Wildman–Crippen LogP) is 2.31. The summed E-state index contributed by atoms with van der Waals surface area (Å²) in [7, 11) is 1.71. The average Bonchev–Trinajstić information content (AvgIpc) is 3.07. The molecule has 0 aliphatic carbocycles. The maximum absolute atomic E-state index is 6.00. The Morgan fingerprint density at radius 2 is 2.42 bits per heavy atom. The lowest BCUT2D eigenvalue weighted by molar-refractivity contribution is 0.0852. The van der Waals surface area contributed by atoms with Gasteiger partial charge in [-0.1, -0.05) is 6.92 Å². The SMILES string of the molecule is CCNC(c1ncccc1OC)C1CC2CCC1O2. The number of nitrogens with one attached hydrogen (secondary N) is 1. The molecule has 4 unspecified atom stereocenters. The lowest BCUT2D eigenvalue weighted by Crippen LogP contribution is -2.34. The minimum absolute atomic E-state index is 0.233. The molecule has 1 aromatic heterocycles. The summed E-state index contributed by atoms with van der Waals surface area (Å²) in [6.07, 6.45) is 6.25. The molecule has 19 heavy (non-hydrogen) atoms. The van der Waals surface area contributed by atoms with E-state index in [-0.39, 0.29) is 6.04 Å². The van der Waals surface area contributed by atoms with Crippen molar-refractivity contribution in [2.75, 3.05) is 13.7 Å². The van der Waals surface area contributed by atoms with Crippen molar-refractivity contribution in [2.45, 2.75) is 44.4 Å². The van der Waals surface area contributed by atoms with Crippen molar-refractivity contribution in [3.05, 3.63) is 24.0 Å². The Labute approximate surface area is 114 Å². The zero-order valence-corrected chi connectivity index (χ0v) is 11.6. The van der Waals surface area contributed by atoms with Crippen molar-refractivity contribution in [3.8, 4) is 5.75 Å². The Hall–Kier alpha value is -1.13. The van der Waals surface area contributed by atoms with Gasteiger partial charge in [0.15, 0.2) is 0 Å². The Bertz CT molecular complexity index is 438. The lowest BCUT2D eigenvalue weighted by atomic mass is 9.82. The molecule has 2 saturated heterocycles. The van der Waals surface area contributed by atoms with Crippen LogP contribution in [0.5, 0.6) is 5.75 Å². The molecule has 4 nitrogen and oxygen atoms in total. The van der Waals surface area contributed by atoms with Gasteiger partial charge in [-0.3, -0.25) is 4.98 Å². The molecule has 1 N–H and O–H groups in total. The predicted molar refractivity (Wildman–Crippen MR) is 73.2 cm³/mol. The fourth-order valence-corrected chi connectivity index (χ4v) is 3.51. The van der Waals surface area contributed by atoms with Crippen LogP contribution >= 0.6 is 0 Å². The van der Waals surface area contributed by atoms with Crippen LogP contribution in [-0.4, -0.2) is 30.8 Å². The molecule has 2 aliphatic heterocycles. The number of pyridine rings is 1. The van der Waals surface area contributed by atoms with Crippen LogP contribution in [0.2, 0.25) is 0 Å². The van der Waals surface area contributed by atoms with Gasteiger partial charge < -0.3 is 14.8 Å². The number of fused-ring (bicyclic) bond motifs is 2. The van der Waals surface area contributed by atoms with Crippen molar-refractivity contribution >= 4 is 0 Å². The number of ether oxygens (including phenoxy) is 2. The third-order valence-corrected chi connectivity index (χ3v) is 4.32. The first-order valence-electron chi connectivity index (χ1n) is 7.21. The number of methoxy groups -OCH3 is 1. The van der Waals surface area contributed by atoms with Crippen LogP contribution in [0.1, 0.15) is 37.9 Å². The first-order chi connectivity index (χ1) is 9.33. The molecule has 3 rings (SSSR count). The minimum atomic E-state index is 0.233. The molecule has 0 radical (unpaired) electrons. The molecule has 104 valence electrons. The van der Waals surface area contributed by atoms with Gasteiger partial charge in [0, 0.05) is 12.1 Å². The van der Waals surface area contributed by atoms with E-state index < -0.39 is 0 Å². The largest absolute Gasteiger partial charge is 0.495 e. The second kappa shape index (κ2) is 5.47. The van der Waals surface area contributed by atoms with E-state index in [1.165, 1.54) is 12.8 Å². The Balaban J connectivity index is 1.88.